The van der Waals surface area contributed by atoms with Gasteiger partial charge < -0.3 is 10.1 Å². The molecular weight excluding hydrogens is 459 g/mol. The number of hydrogen-bond donors (Lipinski definition) is 1. The predicted octanol–water partition coefficient (Wildman–Crippen LogP) is 2.89. The van der Waals surface area contributed by atoms with Gasteiger partial charge in [-0.1, -0.05) is 24.3 Å². The molecule has 0 spiro atoms. The minimum atomic E-state index is -0.699. The summed E-state index contributed by atoms with van der Waals surface area (Å²) in [6.45, 7) is -0.585. The highest BCUT2D eigenvalue weighted by Crippen LogP contribution is 2.52. The second-order valence-electron chi connectivity index (χ2n) is 8.53. The molecule has 0 unspecified atom stereocenters. The third-order valence-electron chi connectivity index (χ3n) is 6.46. The monoisotopic (exact) mass is 478 g/mol. The number of carbonyl (C=O) groups excluding carboxylic acids is 3. The highest BCUT2D eigenvalue weighted by molar-refractivity contribution is 6.06. The lowest BCUT2D eigenvalue weighted by molar-refractivity contribution is -0.385. The van der Waals surface area contributed by atoms with Crippen LogP contribution >= 0.6 is 0 Å². The Labute approximate surface area is 198 Å². The number of anilines is 1. The van der Waals surface area contributed by atoms with E-state index in [0.717, 1.165) is 17.5 Å². The predicted molar refractivity (Wildman–Crippen MR) is 121 cm³/mol. The zero-order valence-corrected chi connectivity index (χ0v) is 18.2. The van der Waals surface area contributed by atoms with Crippen molar-refractivity contribution in [1.29, 1.82) is 0 Å². The van der Waals surface area contributed by atoms with Crippen LogP contribution in [0.3, 0.4) is 0 Å². The molecule has 1 heterocycles. The summed E-state index contributed by atoms with van der Waals surface area (Å²) in [7, 11) is 0. The molecular formula is C24H19FN4O6. The third-order valence-corrected chi connectivity index (χ3v) is 6.46. The van der Waals surface area contributed by atoms with E-state index in [4.69, 9.17) is 4.74 Å². The molecule has 2 aliphatic carbocycles. The van der Waals surface area contributed by atoms with Crippen LogP contribution in [0, 0.1) is 39.6 Å². The molecule has 5 rings (SSSR count). The van der Waals surface area contributed by atoms with Crippen molar-refractivity contribution in [3.63, 3.8) is 0 Å². The average Bonchev–Trinajstić information content (AvgIpc) is 3.52. The van der Waals surface area contributed by atoms with Gasteiger partial charge in [-0.3, -0.25) is 24.5 Å². The van der Waals surface area contributed by atoms with E-state index in [1.807, 2.05) is 12.2 Å². The molecule has 3 aliphatic rings. The maximum Gasteiger partial charge on any atom is 0.311 e. The van der Waals surface area contributed by atoms with Gasteiger partial charge >= 0.3 is 5.69 Å². The molecule has 1 aliphatic heterocycles. The number of allylic oxidation sites excluding steroid dienone is 2. The summed E-state index contributed by atoms with van der Waals surface area (Å²) in [6, 6.07) is 9.44. The summed E-state index contributed by atoms with van der Waals surface area (Å²) >= 11 is 0. The molecule has 11 heteroatoms. The Bertz CT molecular complexity index is 1280. The van der Waals surface area contributed by atoms with Gasteiger partial charge in [0.25, 0.3) is 17.7 Å². The normalized spacial score (nSPS) is 24.3. The van der Waals surface area contributed by atoms with E-state index in [9.17, 15) is 28.9 Å². The second-order valence-corrected chi connectivity index (χ2v) is 8.53. The van der Waals surface area contributed by atoms with Gasteiger partial charge in [0, 0.05) is 11.6 Å². The fraction of sp³-hybridized carbons (Fsp3) is 0.250. The Morgan fingerprint density at radius 1 is 1.17 bits per heavy atom. The summed E-state index contributed by atoms with van der Waals surface area (Å²) in [5.74, 6) is -2.91. The van der Waals surface area contributed by atoms with Crippen molar-refractivity contribution in [3.8, 4) is 5.75 Å². The number of nitro groups is 1. The second kappa shape index (κ2) is 8.75. The number of carbonyl (C=O) groups is 3. The van der Waals surface area contributed by atoms with Crippen molar-refractivity contribution in [2.24, 2.45) is 28.8 Å². The van der Waals surface area contributed by atoms with Gasteiger partial charge in [-0.25, -0.2) is 4.39 Å². The molecule has 4 atom stereocenters. The molecule has 10 nitrogen and oxygen atoms in total. The van der Waals surface area contributed by atoms with Gasteiger partial charge in [0.15, 0.2) is 12.4 Å². The minimum Gasteiger partial charge on any atom is -0.477 e. The molecule has 1 saturated heterocycles. The minimum absolute atomic E-state index is 0.0407. The number of nitro benzene ring substituents is 1. The molecule has 1 saturated carbocycles. The quantitative estimate of drug-likeness (QED) is 0.214. The first-order valence-corrected chi connectivity index (χ1v) is 10.9. The van der Waals surface area contributed by atoms with Crippen molar-refractivity contribution >= 4 is 35.3 Å². The standard InChI is InChI=1S/C24H19FN4O6/c25-16-3-1-2-4-17(16)27-20(30)12-35-19-8-5-13(9-18(19)29(33)34)11-26-28-23(31)21-14-6-7-15(10-14)22(21)24(28)32/h1-9,11,14-15,21-22H,10,12H2,(H,27,30)/t14-,15-,21-,22+/m0/s1. The molecule has 2 fully saturated rings. The third kappa shape index (κ3) is 4.05. The number of hydrazone groups is 1. The van der Waals surface area contributed by atoms with Gasteiger partial charge in [0.2, 0.25) is 0 Å². The number of ether oxygens (including phenoxy) is 1. The van der Waals surface area contributed by atoms with E-state index >= 15 is 0 Å². The van der Waals surface area contributed by atoms with E-state index in [-0.39, 0.29) is 40.7 Å². The topological polar surface area (TPSA) is 131 Å². The summed E-state index contributed by atoms with van der Waals surface area (Å²) in [5.41, 5.74) is -0.217. The molecule has 35 heavy (non-hydrogen) atoms. The van der Waals surface area contributed by atoms with Gasteiger partial charge in [0.05, 0.1) is 28.7 Å². The van der Waals surface area contributed by atoms with Crippen LogP contribution in [-0.2, 0) is 14.4 Å². The Hall–Kier alpha value is -4.41. The number of imide groups is 1. The first kappa shape index (κ1) is 22.4. The van der Waals surface area contributed by atoms with E-state index in [1.165, 1.54) is 36.5 Å². The Morgan fingerprint density at radius 3 is 2.51 bits per heavy atom. The van der Waals surface area contributed by atoms with Crippen LogP contribution in [0.1, 0.15) is 12.0 Å². The van der Waals surface area contributed by atoms with Crippen LogP contribution in [0.4, 0.5) is 15.8 Å². The number of benzene rings is 2. The number of nitrogens with zero attached hydrogens (tertiary/aromatic N) is 3. The number of para-hydroxylation sites is 1. The number of fused-ring (bicyclic) bond motifs is 5. The van der Waals surface area contributed by atoms with Crippen LogP contribution in [0.25, 0.3) is 0 Å². The zero-order chi connectivity index (χ0) is 24.7. The molecule has 1 N–H and O–H groups in total. The molecule has 0 aromatic heterocycles. The highest BCUT2D eigenvalue weighted by atomic mass is 19.1. The van der Waals surface area contributed by atoms with Crippen molar-refractivity contribution < 1.29 is 28.4 Å². The lowest BCUT2D eigenvalue weighted by Crippen LogP contribution is -2.28. The van der Waals surface area contributed by atoms with Gasteiger partial charge in [0.1, 0.15) is 5.82 Å². The van der Waals surface area contributed by atoms with E-state index in [0.29, 0.717) is 0 Å². The first-order valence-electron chi connectivity index (χ1n) is 10.9. The summed E-state index contributed by atoms with van der Waals surface area (Å²) in [6.07, 6.45) is 5.95. The van der Waals surface area contributed by atoms with E-state index < -0.39 is 40.8 Å². The highest BCUT2D eigenvalue weighted by Gasteiger charge is 2.59. The van der Waals surface area contributed by atoms with Crippen molar-refractivity contribution in [3.05, 3.63) is 76.1 Å². The van der Waals surface area contributed by atoms with Crippen molar-refractivity contribution in [2.75, 3.05) is 11.9 Å². The summed E-state index contributed by atoms with van der Waals surface area (Å²) in [4.78, 5) is 48.3. The number of halogens is 1. The maximum atomic E-state index is 13.7. The smallest absolute Gasteiger partial charge is 0.311 e. The lowest BCUT2D eigenvalue weighted by Gasteiger charge is -2.13. The average molecular weight is 478 g/mol. The molecule has 178 valence electrons. The Balaban J connectivity index is 1.26. The van der Waals surface area contributed by atoms with Crippen LogP contribution in [-0.4, -0.2) is 40.5 Å². The van der Waals surface area contributed by atoms with Gasteiger partial charge in [-0.15, -0.1) is 0 Å². The molecule has 0 radical (unpaired) electrons. The first-order chi connectivity index (χ1) is 16.8. The van der Waals surface area contributed by atoms with E-state index in [1.54, 1.807) is 6.07 Å². The molecule has 2 aromatic rings. The molecule has 2 aromatic carbocycles. The fourth-order valence-corrected chi connectivity index (χ4v) is 4.90. The van der Waals surface area contributed by atoms with Crippen LogP contribution in [0.2, 0.25) is 0 Å². The van der Waals surface area contributed by atoms with Gasteiger partial charge in [-0.2, -0.15) is 10.1 Å². The number of amides is 3. The van der Waals surface area contributed by atoms with Crippen molar-refractivity contribution in [2.45, 2.75) is 6.42 Å². The molecule has 2 bridgehead atoms. The fourth-order valence-electron chi connectivity index (χ4n) is 4.90. The Morgan fingerprint density at radius 2 is 1.86 bits per heavy atom. The van der Waals surface area contributed by atoms with Gasteiger partial charge in [-0.05, 0) is 42.5 Å². The molecule has 3 amide bonds. The number of rotatable bonds is 7. The Kier molecular flexibility index (Phi) is 5.59. The largest absolute Gasteiger partial charge is 0.477 e. The van der Waals surface area contributed by atoms with Crippen LogP contribution in [0.5, 0.6) is 5.75 Å². The maximum absolute atomic E-state index is 13.7. The summed E-state index contributed by atoms with van der Waals surface area (Å²) < 4.78 is 18.9. The van der Waals surface area contributed by atoms with Crippen molar-refractivity contribution in [1.82, 2.24) is 5.01 Å². The summed E-state index contributed by atoms with van der Waals surface area (Å²) in [5, 5.41) is 18.7. The zero-order valence-electron chi connectivity index (χ0n) is 18.2. The SMILES string of the molecule is O=C(COc1ccc(C=NN2C(=O)[C@@H]3[C@H](C2=O)[C@H]2C=C[C@H]3C2)cc1[N+](=O)[O-])Nc1ccccc1F. The number of hydrogen-bond acceptors (Lipinski definition) is 7. The number of nitrogens with one attached hydrogen (secondary N) is 1. The van der Waals surface area contributed by atoms with Crippen LogP contribution < -0.4 is 10.1 Å². The lowest BCUT2D eigenvalue weighted by atomic mass is 9.85. The van der Waals surface area contributed by atoms with Crippen LogP contribution in [0.15, 0.2) is 59.7 Å². The van der Waals surface area contributed by atoms with E-state index in [2.05, 4.69) is 10.4 Å².